The highest BCUT2D eigenvalue weighted by Crippen LogP contribution is 2.27. The second-order valence-corrected chi connectivity index (χ2v) is 12.2. The molecule has 0 unspecified atom stereocenters. The summed E-state index contributed by atoms with van der Waals surface area (Å²) < 4.78 is 28.2. The van der Waals surface area contributed by atoms with Crippen LogP contribution in [-0.2, 0) is 20.6 Å². The molecule has 194 valence electrons. The SMILES string of the molecule is CCCNC(=O)[C@H](CSCc1ccccc1)NC(=O)c1cc2cccc(NS(=O)(=O)c3cccs3)c2[nH]1. The number of anilines is 1. The van der Waals surface area contributed by atoms with E-state index in [4.69, 9.17) is 0 Å². The number of benzene rings is 2. The Morgan fingerprint density at radius 3 is 2.59 bits per heavy atom. The monoisotopic (exact) mass is 556 g/mol. The minimum absolute atomic E-state index is 0.197. The smallest absolute Gasteiger partial charge is 0.271 e. The van der Waals surface area contributed by atoms with Crippen LogP contribution in [-0.4, -0.2) is 43.6 Å². The van der Waals surface area contributed by atoms with Gasteiger partial charge in [0, 0.05) is 23.4 Å². The minimum atomic E-state index is -3.75. The highest BCUT2D eigenvalue weighted by Gasteiger charge is 2.23. The summed E-state index contributed by atoms with van der Waals surface area (Å²) >= 11 is 2.68. The molecular weight excluding hydrogens is 529 g/mol. The first kappa shape index (κ1) is 26.8. The van der Waals surface area contributed by atoms with Gasteiger partial charge in [-0.2, -0.15) is 11.8 Å². The number of thiophene rings is 1. The highest BCUT2D eigenvalue weighted by molar-refractivity contribution is 7.98. The zero-order chi connectivity index (χ0) is 26.3. The van der Waals surface area contributed by atoms with Gasteiger partial charge >= 0.3 is 0 Å². The molecular formula is C26H28N4O4S3. The molecule has 0 fully saturated rings. The molecule has 8 nitrogen and oxygen atoms in total. The fourth-order valence-electron chi connectivity index (χ4n) is 3.63. The Balaban J connectivity index is 1.49. The molecule has 11 heteroatoms. The maximum absolute atomic E-state index is 13.2. The van der Waals surface area contributed by atoms with E-state index in [1.165, 1.54) is 6.07 Å². The first-order valence-electron chi connectivity index (χ1n) is 11.8. The Hall–Kier alpha value is -3.28. The molecule has 2 aromatic heterocycles. The van der Waals surface area contributed by atoms with Gasteiger partial charge < -0.3 is 15.6 Å². The van der Waals surface area contributed by atoms with Crippen LogP contribution in [0, 0.1) is 0 Å². The number of hydrogen-bond acceptors (Lipinski definition) is 6. The third-order valence-electron chi connectivity index (χ3n) is 5.47. The topological polar surface area (TPSA) is 120 Å². The molecule has 0 saturated heterocycles. The lowest BCUT2D eigenvalue weighted by Crippen LogP contribution is -2.48. The number of carbonyl (C=O) groups is 2. The van der Waals surface area contributed by atoms with Gasteiger partial charge in [0.1, 0.15) is 15.9 Å². The van der Waals surface area contributed by atoms with Gasteiger partial charge in [0.15, 0.2) is 0 Å². The van der Waals surface area contributed by atoms with Crippen molar-refractivity contribution >= 4 is 61.5 Å². The molecule has 4 N–H and O–H groups in total. The minimum Gasteiger partial charge on any atom is -0.354 e. The Kier molecular flexibility index (Phi) is 8.91. The van der Waals surface area contributed by atoms with Crippen LogP contribution in [0.15, 0.2) is 76.3 Å². The second-order valence-electron chi connectivity index (χ2n) is 8.31. The summed E-state index contributed by atoms with van der Waals surface area (Å²) in [4.78, 5) is 29.0. The first-order valence-corrected chi connectivity index (χ1v) is 15.3. The van der Waals surface area contributed by atoms with Crippen LogP contribution in [0.5, 0.6) is 0 Å². The summed E-state index contributed by atoms with van der Waals surface area (Å²) in [6, 6.07) is 19.2. The van der Waals surface area contributed by atoms with E-state index < -0.39 is 22.0 Å². The number of fused-ring (bicyclic) bond motifs is 1. The number of nitrogens with one attached hydrogen (secondary N) is 4. The average Bonchev–Trinajstić information content (AvgIpc) is 3.59. The molecule has 0 radical (unpaired) electrons. The van der Waals surface area contributed by atoms with E-state index in [-0.39, 0.29) is 15.8 Å². The number of rotatable bonds is 12. The molecule has 0 spiro atoms. The van der Waals surface area contributed by atoms with Crippen LogP contribution in [0.25, 0.3) is 10.9 Å². The molecule has 37 heavy (non-hydrogen) atoms. The van der Waals surface area contributed by atoms with Gasteiger partial charge in [0.25, 0.3) is 15.9 Å². The molecule has 2 amide bonds. The molecule has 0 bridgehead atoms. The number of carbonyl (C=O) groups excluding carboxylic acids is 2. The summed E-state index contributed by atoms with van der Waals surface area (Å²) in [5.41, 5.74) is 2.19. The van der Waals surface area contributed by atoms with Crippen molar-refractivity contribution in [3.05, 3.63) is 83.4 Å². The van der Waals surface area contributed by atoms with Crippen LogP contribution in [0.1, 0.15) is 29.4 Å². The standard InChI is InChI=1S/C26H28N4O4S3/c1-2-13-27-25(31)22(17-35-16-18-8-4-3-5-9-18)29-26(32)21-15-19-10-6-11-20(24(19)28-21)30-37(33,34)23-12-7-14-36-23/h3-12,14-15,22,28,30H,2,13,16-17H2,1H3,(H,27,31)(H,29,32)/t22-/m0/s1. The molecule has 0 aliphatic carbocycles. The molecule has 4 rings (SSSR count). The molecule has 2 aromatic carbocycles. The average molecular weight is 557 g/mol. The molecule has 0 aliphatic rings. The summed E-state index contributed by atoms with van der Waals surface area (Å²) in [6.07, 6.45) is 0.787. The Morgan fingerprint density at radius 2 is 1.86 bits per heavy atom. The fourth-order valence-corrected chi connectivity index (χ4v) is 6.72. The van der Waals surface area contributed by atoms with E-state index in [2.05, 4.69) is 20.3 Å². The van der Waals surface area contributed by atoms with E-state index in [0.29, 0.717) is 34.6 Å². The van der Waals surface area contributed by atoms with Crippen molar-refractivity contribution in [1.29, 1.82) is 0 Å². The summed E-state index contributed by atoms with van der Waals surface area (Å²) in [5, 5.41) is 8.06. The van der Waals surface area contributed by atoms with E-state index >= 15 is 0 Å². The van der Waals surface area contributed by atoms with Crippen molar-refractivity contribution in [2.45, 2.75) is 29.3 Å². The first-order chi connectivity index (χ1) is 17.9. The van der Waals surface area contributed by atoms with Gasteiger partial charge in [0.2, 0.25) is 5.91 Å². The Labute approximate surface area is 224 Å². The number of hydrogen-bond donors (Lipinski definition) is 4. The van der Waals surface area contributed by atoms with Crippen molar-refractivity contribution in [3.63, 3.8) is 0 Å². The largest absolute Gasteiger partial charge is 0.354 e. The van der Waals surface area contributed by atoms with Gasteiger partial charge in [-0.25, -0.2) is 8.42 Å². The predicted molar refractivity (Wildman–Crippen MR) is 151 cm³/mol. The van der Waals surface area contributed by atoms with Crippen molar-refractivity contribution in [1.82, 2.24) is 15.6 Å². The van der Waals surface area contributed by atoms with Gasteiger partial charge in [-0.3, -0.25) is 14.3 Å². The molecule has 1 atom stereocenters. The van der Waals surface area contributed by atoms with Crippen LogP contribution in [0.2, 0.25) is 0 Å². The molecule has 0 aliphatic heterocycles. The normalized spacial score (nSPS) is 12.2. The van der Waals surface area contributed by atoms with E-state index in [1.54, 1.807) is 47.5 Å². The maximum Gasteiger partial charge on any atom is 0.271 e. The zero-order valence-electron chi connectivity index (χ0n) is 20.2. The maximum atomic E-state index is 13.2. The number of H-pyrrole nitrogens is 1. The van der Waals surface area contributed by atoms with Crippen LogP contribution in [0.3, 0.4) is 0 Å². The number of para-hydroxylation sites is 1. The van der Waals surface area contributed by atoms with Crippen LogP contribution in [0.4, 0.5) is 5.69 Å². The number of aromatic amines is 1. The third-order valence-corrected chi connectivity index (χ3v) is 9.34. The molecule has 4 aromatic rings. The number of thioether (sulfide) groups is 1. The van der Waals surface area contributed by atoms with Crippen molar-refractivity contribution < 1.29 is 18.0 Å². The van der Waals surface area contributed by atoms with Crippen molar-refractivity contribution in [2.24, 2.45) is 0 Å². The van der Waals surface area contributed by atoms with E-state index in [0.717, 1.165) is 23.3 Å². The quantitative estimate of drug-likeness (QED) is 0.204. The summed E-state index contributed by atoms with van der Waals surface area (Å²) in [7, 11) is -3.75. The van der Waals surface area contributed by atoms with Crippen LogP contribution >= 0.6 is 23.1 Å². The Bertz CT molecular complexity index is 1450. The van der Waals surface area contributed by atoms with Gasteiger partial charge in [0.05, 0.1) is 11.2 Å². The van der Waals surface area contributed by atoms with Crippen molar-refractivity contribution in [2.75, 3.05) is 17.0 Å². The van der Waals surface area contributed by atoms with Crippen molar-refractivity contribution in [3.8, 4) is 0 Å². The highest BCUT2D eigenvalue weighted by atomic mass is 32.2. The molecule has 0 saturated carbocycles. The van der Waals surface area contributed by atoms with Gasteiger partial charge in [-0.1, -0.05) is 55.5 Å². The summed E-state index contributed by atoms with van der Waals surface area (Å²) in [5.74, 6) is 0.438. The van der Waals surface area contributed by atoms with E-state index in [9.17, 15) is 18.0 Å². The number of sulfonamides is 1. The zero-order valence-corrected chi connectivity index (χ0v) is 22.6. The van der Waals surface area contributed by atoms with Crippen LogP contribution < -0.4 is 15.4 Å². The molecule has 2 heterocycles. The lowest BCUT2D eigenvalue weighted by Gasteiger charge is -2.18. The predicted octanol–water partition coefficient (Wildman–Crippen LogP) is 4.59. The second kappa shape index (κ2) is 12.3. The van der Waals surface area contributed by atoms with Gasteiger partial charge in [-0.05, 0) is 35.6 Å². The fraction of sp³-hybridized carbons (Fsp3) is 0.231. The lowest BCUT2D eigenvalue weighted by molar-refractivity contribution is -0.122. The number of aromatic nitrogens is 1. The lowest BCUT2D eigenvalue weighted by atomic mass is 10.2. The Morgan fingerprint density at radius 1 is 1.05 bits per heavy atom. The van der Waals surface area contributed by atoms with E-state index in [1.807, 2.05) is 37.3 Å². The third kappa shape index (κ3) is 6.94. The van der Waals surface area contributed by atoms with Gasteiger partial charge in [-0.15, -0.1) is 11.3 Å². The summed E-state index contributed by atoms with van der Waals surface area (Å²) in [6.45, 7) is 2.49. The number of amides is 2.